The van der Waals surface area contributed by atoms with E-state index >= 15 is 0 Å². The number of amides is 1. The van der Waals surface area contributed by atoms with Crippen molar-refractivity contribution in [3.63, 3.8) is 0 Å². The Labute approximate surface area is 155 Å². The normalized spacial score (nSPS) is 10.9. The standard InChI is InChI=1S/C20H17N3O4/c1-11-7-8-14(9-12(11)2)19-22-23-20(27-19)21-18(24)16-10-13-5-4-6-15(25-3)17(13)26-16/h4-10H,1-3H3,(H,21,23,24). The van der Waals surface area contributed by atoms with Crippen molar-refractivity contribution in [1.82, 2.24) is 10.2 Å². The molecule has 0 spiro atoms. The Kier molecular flexibility index (Phi) is 4.12. The maximum Gasteiger partial charge on any atom is 0.322 e. The summed E-state index contributed by atoms with van der Waals surface area (Å²) in [6.45, 7) is 4.04. The fourth-order valence-corrected chi connectivity index (χ4v) is 2.73. The molecule has 0 aliphatic rings. The van der Waals surface area contributed by atoms with Crippen LogP contribution >= 0.6 is 0 Å². The predicted molar refractivity (Wildman–Crippen MR) is 99.9 cm³/mol. The fraction of sp³-hybridized carbons (Fsp3) is 0.150. The number of anilines is 1. The third kappa shape index (κ3) is 3.15. The van der Waals surface area contributed by atoms with Crippen molar-refractivity contribution in [2.24, 2.45) is 0 Å². The number of hydrogen-bond acceptors (Lipinski definition) is 6. The van der Waals surface area contributed by atoms with Crippen LogP contribution in [0.15, 0.2) is 51.3 Å². The molecule has 0 saturated heterocycles. The second-order valence-electron chi connectivity index (χ2n) is 6.15. The third-order valence-corrected chi connectivity index (χ3v) is 4.35. The summed E-state index contributed by atoms with van der Waals surface area (Å²) in [4.78, 5) is 12.5. The number of fused-ring (bicyclic) bond motifs is 1. The molecule has 7 nitrogen and oxygen atoms in total. The molecule has 0 unspecified atom stereocenters. The van der Waals surface area contributed by atoms with Gasteiger partial charge < -0.3 is 13.6 Å². The predicted octanol–water partition coefficient (Wildman–Crippen LogP) is 4.36. The summed E-state index contributed by atoms with van der Waals surface area (Å²) in [5, 5.41) is 11.2. The molecule has 136 valence electrons. The summed E-state index contributed by atoms with van der Waals surface area (Å²) in [5.74, 6) is 0.532. The molecule has 0 bridgehead atoms. The first-order valence-electron chi connectivity index (χ1n) is 8.34. The van der Waals surface area contributed by atoms with Gasteiger partial charge in [-0.15, -0.1) is 5.10 Å². The van der Waals surface area contributed by atoms with Gasteiger partial charge in [0.2, 0.25) is 5.89 Å². The van der Waals surface area contributed by atoms with E-state index in [4.69, 9.17) is 13.6 Å². The zero-order valence-electron chi connectivity index (χ0n) is 15.1. The lowest BCUT2D eigenvalue weighted by atomic mass is 10.1. The third-order valence-electron chi connectivity index (χ3n) is 4.35. The minimum atomic E-state index is -0.483. The lowest BCUT2D eigenvalue weighted by Gasteiger charge is -2.01. The quantitative estimate of drug-likeness (QED) is 0.579. The Morgan fingerprint density at radius 3 is 2.67 bits per heavy atom. The number of benzene rings is 2. The first-order valence-corrected chi connectivity index (χ1v) is 8.34. The Morgan fingerprint density at radius 2 is 1.89 bits per heavy atom. The van der Waals surface area contributed by atoms with Crippen LogP contribution < -0.4 is 10.1 Å². The molecule has 0 radical (unpaired) electrons. The Bertz CT molecular complexity index is 1140. The van der Waals surface area contributed by atoms with E-state index in [0.717, 1.165) is 16.5 Å². The molecule has 2 heterocycles. The highest BCUT2D eigenvalue weighted by Gasteiger charge is 2.18. The van der Waals surface area contributed by atoms with E-state index in [-0.39, 0.29) is 11.8 Å². The first kappa shape index (κ1) is 16.8. The number of aryl methyl sites for hydroxylation is 2. The van der Waals surface area contributed by atoms with Gasteiger partial charge >= 0.3 is 6.01 Å². The molecule has 1 N–H and O–H groups in total. The molecule has 2 aromatic carbocycles. The molecule has 0 aliphatic carbocycles. The molecule has 0 aliphatic heterocycles. The smallest absolute Gasteiger partial charge is 0.322 e. The average Bonchev–Trinajstić information content (AvgIpc) is 3.30. The van der Waals surface area contributed by atoms with Crippen LogP contribution in [0.1, 0.15) is 21.7 Å². The van der Waals surface area contributed by atoms with Gasteiger partial charge in [0.25, 0.3) is 5.91 Å². The van der Waals surface area contributed by atoms with Crippen molar-refractivity contribution < 1.29 is 18.4 Å². The van der Waals surface area contributed by atoms with E-state index in [1.54, 1.807) is 19.2 Å². The number of aromatic nitrogens is 2. The molecule has 0 saturated carbocycles. The number of carbonyl (C=O) groups excluding carboxylic acids is 1. The number of ether oxygens (including phenoxy) is 1. The maximum atomic E-state index is 12.5. The molecule has 27 heavy (non-hydrogen) atoms. The summed E-state index contributed by atoms with van der Waals surface area (Å²) in [7, 11) is 1.55. The minimum absolute atomic E-state index is 0.000601. The largest absolute Gasteiger partial charge is 0.493 e. The van der Waals surface area contributed by atoms with E-state index < -0.39 is 5.91 Å². The monoisotopic (exact) mass is 363 g/mol. The van der Waals surface area contributed by atoms with Crippen LogP contribution in [0, 0.1) is 13.8 Å². The van der Waals surface area contributed by atoms with Gasteiger partial charge in [0.05, 0.1) is 7.11 Å². The Balaban J connectivity index is 1.57. The average molecular weight is 363 g/mol. The number of furan rings is 1. The zero-order valence-corrected chi connectivity index (χ0v) is 15.1. The highest BCUT2D eigenvalue weighted by Crippen LogP contribution is 2.29. The SMILES string of the molecule is COc1cccc2cc(C(=O)Nc3nnc(-c4ccc(C)c(C)c4)o3)oc12. The van der Waals surface area contributed by atoms with Crippen molar-refractivity contribution in [3.8, 4) is 17.2 Å². The number of rotatable bonds is 4. The van der Waals surface area contributed by atoms with E-state index in [0.29, 0.717) is 17.2 Å². The highest BCUT2D eigenvalue weighted by atomic mass is 16.5. The summed E-state index contributed by atoms with van der Waals surface area (Å²) >= 11 is 0. The molecular formula is C20H17N3O4. The van der Waals surface area contributed by atoms with Gasteiger partial charge in [-0.1, -0.05) is 23.3 Å². The Morgan fingerprint density at radius 1 is 1.04 bits per heavy atom. The summed E-state index contributed by atoms with van der Waals surface area (Å²) in [6.07, 6.45) is 0. The van der Waals surface area contributed by atoms with Crippen molar-refractivity contribution in [3.05, 3.63) is 59.4 Å². The van der Waals surface area contributed by atoms with Crippen LogP contribution in [0.4, 0.5) is 6.01 Å². The molecule has 0 fully saturated rings. The maximum absolute atomic E-state index is 12.5. The highest BCUT2D eigenvalue weighted by molar-refractivity contribution is 6.04. The summed E-state index contributed by atoms with van der Waals surface area (Å²) in [5.41, 5.74) is 3.59. The first-order chi connectivity index (χ1) is 13.0. The summed E-state index contributed by atoms with van der Waals surface area (Å²) in [6, 6.07) is 12.9. The lowest BCUT2D eigenvalue weighted by Crippen LogP contribution is -2.10. The second-order valence-corrected chi connectivity index (χ2v) is 6.15. The van der Waals surface area contributed by atoms with E-state index in [9.17, 15) is 4.79 Å². The van der Waals surface area contributed by atoms with Crippen LogP contribution in [0.2, 0.25) is 0 Å². The number of nitrogens with one attached hydrogen (secondary N) is 1. The van der Waals surface area contributed by atoms with Crippen molar-refractivity contribution in [2.45, 2.75) is 13.8 Å². The van der Waals surface area contributed by atoms with Crippen LogP contribution in [0.25, 0.3) is 22.4 Å². The molecule has 1 amide bonds. The number of para-hydroxylation sites is 1. The number of carbonyl (C=O) groups is 1. The zero-order chi connectivity index (χ0) is 19.0. The van der Waals surface area contributed by atoms with Gasteiger partial charge in [-0.2, -0.15) is 0 Å². The molecule has 0 atom stereocenters. The molecule has 2 aromatic heterocycles. The van der Waals surface area contributed by atoms with Gasteiger partial charge in [-0.25, -0.2) is 0 Å². The van der Waals surface area contributed by atoms with Gasteiger partial charge in [0.1, 0.15) is 0 Å². The van der Waals surface area contributed by atoms with Crippen LogP contribution in [-0.4, -0.2) is 23.2 Å². The number of nitrogens with zero attached hydrogens (tertiary/aromatic N) is 2. The Hall–Kier alpha value is -3.61. The van der Waals surface area contributed by atoms with E-state index in [2.05, 4.69) is 15.5 Å². The van der Waals surface area contributed by atoms with Gasteiger partial charge in [0.15, 0.2) is 17.1 Å². The van der Waals surface area contributed by atoms with Crippen molar-refractivity contribution in [1.29, 1.82) is 0 Å². The topological polar surface area (TPSA) is 90.4 Å². The van der Waals surface area contributed by atoms with Gasteiger partial charge in [-0.3, -0.25) is 10.1 Å². The van der Waals surface area contributed by atoms with Crippen LogP contribution in [-0.2, 0) is 0 Å². The molecule has 4 rings (SSSR count). The minimum Gasteiger partial charge on any atom is -0.493 e. The molecule has 7 heteroatoms. The number of methoxy groups -OCH3 is 1. The van der Waals surface area contributed by atoms with Gasteiger partial charge in [-0.05, 0) is 49.2 Å². The van der Waals surface area contributed by atoms with Crippen LogP contribution in [0.3, 0.4) is 0 Å². The lowest BCUT2D eigenvalue weighted by molar-refractivity contribution is 0.0995. The van der Waals surface area contributed by atoms with Gasteiger partial charge in [0, 0.05) is 10.9 Å². The number of hydrogen-bond donors (Lipinski definition) is 1. The second kappa shape index (κ2) is 6.60. The molecule has 4 aromatic rings. The summed E-state index contributed by atoms with van der Waals surface area (Å²) < 4.78 is 16.4. The van der Waals surface area contributed by atoms with E-state index in [1.807, 2.05) is 44.2 Å². The van der Waals surface area contributed by atoms with Crippen LogP contribution in [0.5, 0.6) is 5.75 Å². The van der Waals surface area contributed by atoms with Crippen molar-refractivity contribution in [2.75, 3.05) is 12.4 Å². The molecular weight excluding hydrogens is 346 g/mol. The van der Waals surface area contributed by atoms with E-state index in [1.165, 1.54) is 5.56 Å². The fourth-order valence-electron chi connectivity index (χ4n) is 2.73. The van der Waals surface area contributed by atoms with Crippen molar-refractivity contribution >= 4 is 22.9 Å².